The van der Waals surface area contributed by atoms with E-state index in [4.69, 9.17) is 26.3 Å². The number of thioether (sulfide) groups is 2. The zero-order chi connectivity index (χ0) is 32.1. The fourth-order valence-corrected chi connectivity index (χ4v) is 9.48. The molecule has 8 rings (SSSR count). The number of halogens is 2. The number of hydrogen-bond acceptors (Lipinski definition) is 9. The number of H-pyrrole nitrogens is 2. The maximum Gasteiger partial charge on any atom is 0.126 e. The maximum absolute atomic E-state index is 14.5. The van der Waals surface area contributed by atoms with Crippen LogP contribution in [0, 0.1) is 5.82 Å². The quantitative estimate of drug-likeness (QED) is 0.117. The Labute approximate surface area is 285 Å². The van der Waals surface area contributed by atoms with E-state index >= 15 is 0 Å². The molecule has 4 aromatic rings. The van der Waals surface area contributed by atoms with Crippen LogP contribution in [0.4, 0.5) is 15.8 Å². The van der Waals surface area contributed by atoms with E-state index in [9.17, 15) is 14.6 Å². The summed E-state index contributed by atoms with van der Waals surface area (Å²) in [6.07, 6.45) is 4.40. The van der Waals surface area contributed by atoms with Crippen molar-refractivity contribution in [3.8, 4) is 0 Å². The summed E-state index contributed by atoms with van der Waals surface area (Å²) in [4.78, 5) is 16.6. The van der Waals surface area contributed by atoms with Gasteiger partial charge in [0.2, 0.25) is 0 Å². The number of anilines is 2. The molecule has 248 valence electrons. The largest absolute Gasteiger partial charge is 0.388 e. The molecule has 1 aliphatic carbocycles. The molecule has 0 amide bonds. The Balaban J connectivity index is 0.971. The Morgan fingerprint density at radius 1 is 0.766 bits per heavy atom. The molecule has 5 heterocycles. The molecule has 1 saturated heterocycles. The van der Waals surface area contributed by atoms with E-state index in [0.717, 1.165) is 80.3 Å². The van der Waals surface area contributed by atoms with Gasteiger partial charge in [0.25, 0.3) is 0 Å². The van der Waals surface area contributed by atoms with Gasteiger partial charge in [-0.05, 0) is 62.1 Å². The van der Waals surface area contributed by atoms with Crippen LogP contribution in [0.2, 0.25) is 5.02 Å². The van der Waals surface area contributed by atoms with Crippen LogP contribution in [-0.4, -0.2) is 91.4 Å². The predicted octanol–water partition coefficient (Wildman–Crippen LogP) is 6.53. The Hall–Kier alpha value is -2.74. The average molecular weight is 697 g/mol. The molecular weight excluding hydrogens is 659 g/mol. The first kappa shape index (κ1) is 31.5. The number of aromatic nitrogens is 2. The summed E-state index contributed by atoms with van der Waals surface area (Å²) < 4.78 is 20.0. The van der Waals surface area contributed by atoms with Gasteiger partial charge in [0.05, 0.1) is 45.9 Å². The highest BCUT2D eigenvalue weighted by Gasteiger charge is 2.38. The Morgan fingerprint density at radius 3 is 1.89 bits per heavy atom. The highest BCUT2D eigenvalue weighted by atomic mass is 35.5. The molecule has 2 aromatic carbocycles. The number of rotatable bonds is 9. The molecule has 2 aromatic heterocycles. The van der Waals surface area contributed by atoms with Gasteiger partial charge in [-0.15, -0.1) is 23.5 Å². The lowest BCUT2D eigenvalue weighted by molar-refractivity contribution is -0.000172. The molecule has 4 unspecified atom stereocenters. The Morgan fingerprint density at radius 2 is 1.30 bits per heavy atom. The third-order valence-corrected chi connectivity index (χ3v) is 12.1. The lowest BCUT2D eigenvalue weighted by atomic mass is 10.0. The minimum Gasteiger partial charge on any atom is -0.388 e. The van der Waals surface area contributed by atoms with Crippen molar-refractivity contribution in [2.45, 2.75) is 74.9 Å². The smallest absolute Gasteiger partial charge is 0.126 e. The molecule has 6 N–H and O–H groups in total. The zero-order valence-corrected chi connectivity index (χ0v) is 28.2. The molecule has 0 radical (unpaired) electrons. The molecule has 4 atom stereocenters. The number of fused-ring (bicyclic) bond motifs is 2. The number of aliphatic hydroxyl groups excluding tert-OH is 2. The summed E-state index contributed by atoms with van der Waals surface area (Å²) in [7, 11) is 0. The first-order chi connectivity index (χ1) is 22.9. The SMILES string of the molecule is OC(C1CSC(c2cc3cc(Cl)cc(NC4CCCC4)c3[nH]2)=N1)C(O)C1CSC(c2cc3cc(F)cc(NC4CCOCC4)c3[nH]2)=N1. The normalized spacial score (nSPS) is 23.8. The van der Waals surface area contributed by atoms with E-state index in [0.29, 0.717) is 35.8 Å². The van der Waals surface area contributed by atoms with Gasteiger partial charge in [0.1, 0.15) is 28.1 Å². The average Bonchev–Trinajstić information content (AvgIpc) is 3.90. The number of aliphatic imine (C=N–C) groups is 2. The van der Waals surface area contributed by atoms with E-state index in [1.54, 1.807) is 11.8 Å². The van der Waals surface area contributed by atoms with Gasteiger partial charge in [0, 0.05) is 52.6 Å². The van der Waals surface area contributed by atoms with Crippen molar-refractivity contribution in [2.75, 3.05) is 35.4 Å². The lowest BCUT2D eigenvalue weighted by Crippen LogP contribution is -2.43. The van der Waals surface area contributed by atoms with Crippen LogP contribution < -0.4 is 10.6 Å². The fraction of sp³-hybridized carbons (Fsp3) is 0.471. The van der Waals surface area contributed by atoms with Crippen LogP contribution in [0.15, 0.2) is 46.4 Å². The van der Waals surface area contributed by atoms with E-state index in [1.165, 1.54) is 36.7 Å². The minimum atomic E-state index is -1.08. The summed E-state index contributed by atoms with van der Waals surface area (Å²) in [5.41, 5.74) is 5.20. The molecule has 13 heteroatoms. The number of hydrogen-bond donors (Lipinski definition) is 6. The van der Waals surface area contributed by atoms with Crippen LogP contribution in [0.1, 0.15) is 49.9 Å². The number of benzene rings is 2. The molecule has 0 bridgehead atoms. The van der Waals surface area contributed by atoms with Crippen molar-refractivity contribution in [3.05, 3.63) is 58.6 Å². The number of nitrogens with one attached hydrogen (secondary N) is 4. The molecular formula is C34H38ClFN6O3S2. The predicted molar refractivity (Wildman–Crippen MR) is 192 cm³/mol. The number of aliphatic hydroxyl groups is 2. The van der Waals surface area contributed by atoms with Crippen LogP contribution in [0.3, 0.4) is 0 Å². The van der Waals surface area contributed by atoms with Crippen molar-refractivity contribution in [2.24, 2.45) is 9.98 Å². The van der Waals surface area contributed by atoms with E-state index < -0.39 is 24.3 Å². The molecule has 1 saturated carbocycles. The number of nitrogens with zero attached hydrogens (tertiary/aromatic N) is 2. The second-order valence-electron chi connectivity index (χ2n) is 13.0. The third kappa shape index (κ3) is 6.52. The third-order valence-electron chi connectivity index (χ3n) is 9.63. The summed E-state index contributed by atoms with van der Waals surface area (Å²) in [6.45, 7) is 1.39. The zero-order valence-electron chi connectivity index (χ0n) is 25.8. The van der Waals surface area contributed by atoms with Gasteiger partial charge in [-0.1, -0.05) is 24.4 Å². The van der Waals surface area contributed by atoms with Gasteiger partial charge in [-0.3, -0.25) is 9.98 Å². The van der Waals surface area contributed by atoms with E-state index in [2.05, 4.69) is 26.7 Å². The molecule has 9 nitrogen and oxygen atoms in total. The molecule has 0 spiro atoms. The molecule has 3 aliphatic heterocycles. The fourth-order valence-electron chi connectivity index (χ4n) is 7.10. The first-order valence-corrected chi connectivity index (χ1v) is 18.8. The maximum atomic E-state index is 14.5. The monoisotopic (exact) mass is 696 g/mol. The van der Waals surface area contributed by atoms with Gasteiger partial charge in [-0.2, -0.15) is 0 Å². The standard InChI is InChI=1S/C34H38ClFN6O3S2/c35-19-9-17-11-25(39-29(17)23(13-19)37-21-3-1-2-4-21)33-41-27(15-46-33)31(43)32(44)28-16-47-34(42-28)26-12-18-10-20(36)14-24(30(18)40-26)38-22-5-7-45-8-6-22/h9-14,21-22,27-28,31-32,37-40,43-44H,1-8,15-16H2. The van der Waals surface area contributed by atoms with Crippen molar-refractivity contribution < 1.29 is 19.3 Å². The van der Waals surface area contributed by atoms with Gasteiger partial charge in [0.15, 0.2) is 0 Å². The second-order valence-corrected chi connectivity index (χ2v) is 15.4. The minimum absolute atomic E-state index is 0.224. The van der Waals surface area contributed by atoms with Crippen LogP contribution in [-0.2, 0) is 4.74 Å². The second kappa shape index (κ2) is 13.3. The van der Waals surface area contributed by atoms with Crippen LogP contribution >= 0.6 is 35.1 Å². The summed E-state index contributed by atoms with van der Waals surface area (Å²) in [6, 6.07) is 10.6. The van der Waals surface area contributed by atoms with Gasteiger partial charge >= 0.3 is 0 Å². The van der Waals surface area contributed by atoms with Crippen molar-refractivity contribution >= 4 is 78.4 Å². The van der Waals surface area contributed by atoms with Gasteiger partial charge in [-0.25, -0.2) is 4.39 Å². The van der Waals surface area contributed by atoms with E-state index in [1.807, 2.05) is 18.2 Å². The molecule has 2 fully saturated rings. The summed E-state index contributed by atoms with van der Waals surface area (Å²) >= 11 is 9.56. The summed E-state index contributed by atoms with van der Waals surface area (Å²) in [5, 5.41) is 33.7. The highest BCUT2D eigenvalue weighted by molar-refractivity contribution is 8.15. The lowest BCUT2D eigenvalue weighted by Gasteiger charge is -2.24. The molecule has 4 aliphatic rings. The van der Waals surface area contributed by atoms with Crippen LogP contribution in [0.25, 0.3) is 21.8 Å². The van der Waals surface area contributed by atoms with Gasteiger partial charge < -0.3 is 35.6 Å². The van der Waals surface area contributed by atoms with Crippen molar-refractivity contribution in [1.29, 1.82) is 0 Å². The highest BCUT2D eigenvalue weighted by Crippen LogP contribution is 2.36. The Bertz CT molecular complexity index is 1850. The number of ether oxygens (including phenoxy) is 1. The number of aromatic amines is 2. The van der Waals surface area contributed by atoms with Crippen molar-refractivity contribution in [1.82, 2.24) is 9.97 Å². The topological polar surface area (TPSA) is 130 Å². The van der Waals surface area contributed by atoms with Crippen LogP contribution in [0.5, 0.6) is 0 Å². The molecule has 47 heavy (non-hydrogen) atoms. The Kier molecular flexibility index (Phi) is 8.91. The van der Waals surface area contributed by atoms with Crippen molar-refractivity contribution in [3.63, 3.8) is 0 Å². The van der Waals surface area contributed by atoms with E-state index in [-0.39, 0.29) is 11.9 Å². The first-order valence-electron chi connectivity index (χ1n) is 16.4. The summed E-state index contributed by atoms with van der Waals surface area (Å²) in [5.74, 6) is 0.784.